The molecule has 8 bridgehead atoms. The van der Waals surface area contributed by atoms with Crippen molar-refractivity contribution in [2.75, 3.05) is 39.5 Å². The smallest absolute Gasteiger partial charge is 0.119 e. The van der Waals surface area contributed by atoms with E-state index in [9.17, 15) is 0 Å². The highest BCUT2D eigenvalue weighted by Gasteiger charge is 2.29. The largest absolute Gasteiger partial charge is 0.494 e. The second-order valence-corrected chi connectivity index (χ2v) is 28.4. The second kappa shape index (κ2) is 39.4. The molecule has 0 aliphatic carbocycles. The average Bonchev–Trinajstić information content (AvgIpc) is 1.61. The van der Waals surface area contributed by atoms with E-state index in [1.165, 1.54) is 11.1 Å². The molecule has 0 N–H and O–H groups in total. The van der Waals surface area contributed by atoms with Gasteiger partial charge in [-0.3, -0.25) is 29.9 Å². The Kier molecular flexibility index (Phi) is 26.9. The maximum Gasteiger partial charge on any atom is 0.119 e. The van der Waals surface area contributed by atoms with Gasteiger partial charge in [-0.05, 0) is 232 Å². The third kappa shape index (κ3) is 20.9. The van der Waals surface area contributed by atoms with Gasteiger partial charge < -0.3 is 28.7 Å². The molecule has 10 heterocycles. The number of hydrogen-bond acceptors (Lipinski definition) is 16. The van der Waals surface area contributed by atoms with Crippen LogP contribution in [0.25, 0.3) is 22.3 Å². The molecular weight excluding hydrogens is 1360 g/mol. The molecule has 0 saturated carbocycles. The van der Waals surface area contributed by atoms with Crippen LogP contribution >= 0.6 is 0 Å². The summed E-state index contributed by atoms with van der Waals surface area (Å²) >= 11 is 0. The summed E-state index contributed by atoms with van der Waals surface area (Å²) in [5.41, 5.74) is 19.2. The van der Waals surface area contributed by atoms with E-state index in [-0.39, 0.29) is 0 Å². The first-order valence-electron chi connectivity index (χ1n) is 39.7. The Labute approximate surface area is 648 Å². The van der Waals surface area contributed by atoms with Crippen LogP contribution in [0.1, 0.15) is 162 Å². The van der Waals surface area contributed by atoms with Gasteiger partial charge in [0.15, 0.2) is 0 Å². The molecule has 16 nitrogen and oxygen atoms in total. The standard InChI is InChI=1S/C94H98N12O4/c1-2-57-105-59-47-70(48-60-105)71-49-61-106(62-50-71)58-15-19-66-110-82-37-29-75(30-38-82)94-89-45-43-87(103-89)92(73-25-33-80(34-26-73)108-64-17-10-4-7-13-21-77-68-96-52-55-99-77)85-41-39-83(101-85)91(72-23-31-79(32-24-72)107-63-16-9-3-6-12-20-76-67-95-51-54-98-76)84-40-42-86(102-84)93(88-44-46-90(94)104-88)74-27-35-81(36-28-74)109-65-18-11-5-8-14-22-78-69-97-53-56-100-78/h23-56,59-62,67-69H,2-22,57-58,63-66H2,1H3. The Morgan fingerprint density at radius 1 is 0.273 bits per heavy atom. The van der Waals surface area contributed by atoms with E-state index >= 15 is 0 Å². The highest BCUT2D eigenvalue weighted by molar-refractivity contribution is 6.39. The molecule has 0 saturated heterocycles. The Balaban J connectivity index is 0.734. The molecule has 0 atom stereocenters. The normalized spacial score (nSPS) is 15.5. The van der Waals surface area contributed by atoms with Crippen LogP contribution in [0.15, 0.2) is 304 Å². The summed E-state index contributed by atoms with van der Waals surface area (Å²) in [6, 6.07) is 33.6. The molecule has 7 aromatic rings. The number of nitrogens with zero attached hydrogens (tertiary/aromatic N) is 12. The first kappa shape index (κ1) is 75.0. The number of aromatic nitrogens is 6. The summed E-state index contributed by atoms with van der Waals surface area (Å²) in [7, 11) is 0. The summed E-state index contributed by atoms with van der Waals surface area (Å²) in [4.78, 5) is 52.9. The van der Waals surface area contributed by atoms with Crippen molar-refractivity contribution in [1.82, 2.24) is 39.7 Å². The predicted octanol–water partition coefficient (Wildman–Crippen LogP) is 20.3. The lowest BCUT2D eigenvalue weighted by Gasteiger charge is -2.21. The predicted molar refractivity (Wildman–Crippen MR) is 445 cm³/mol. The fourth-order valence-corrected chi connectivity index (χ4v) is 14.3. The summed E-state index contributed by atoms with van der Waals surface area (Å²) in [5, 5.41) is 0. The first-order valence-corrected chi connectivity index (χ1v) is 39.7. The lowest BCUT2D eigenvalue weighted by Crippen LogP contribution is -2.15. The van der Waals surface area contributed by atoms with Gasteiger partial charge in [0, 0.05) is 116 Å². The van der Waals surface area contributed by atoms with Gasteiger partial charge in [0.25, 0.3) is 0 Å². The minimum absolute atomic E-state index is 0.596. The van der Waals surface area contributed by atoms with Crippen LogP contribution in [0.4, 0.5) is 0 Å². The minimum Gasteiger partial charge on any atom is -0.494 e. The Morgan fingerprint density at radius 2 is 0.545 bits per heavy atom. The third-order valence-electron chi connectivity index (χ3n) is 20.2. The molecule has 4 aromatic carbocycles. The summed E-state index contributed by atoms with van der Waals surface area (Å²) in [6.45, 7) is 6.65. The van der Waals surface area contributed by atoms with E-state index in [0.29, 0.717) is 26.4 Å². The maximum atomic E-state index is 6.47. The average molecular weight is 1460 g/mol. The number of ether oxygens (including phenoxy) is 4. The van der Waals surface area contributed by atoms with Gasteiger partial charge >= 0.3 is 0 Å². The van der Waals surface area contributed by atoms with E-state index < -0.39 is 0 Å². The molecule has 110 heavy (non-hydrogen) atoms. The van der Waals surface area contributed by atoms with Crippen LogP contribution in [0.5, 0.6) is 23.0 Å². The molecule has 0 fully saturated rings. The quantitative estimate of drug-likeness (QED) is 0.0335. The molecule has 558 valence electrons. The zero-order chi connectivity index (χ0) is 74.6. The highest BCUT2D eigenvalue weighted by atomic mass is 16.5. The number of unbranched alkanes of at least 4 members (excludes halogenated alkanes) is 13. The summed E-state index contributed by atoms with van der Waals surface area (Å²) in [5.74, 6) is 3.26. The molecule has 0 radical (unpaired) electrons. The molecule has 7 aliphatic rings. The van der Waals surface area contributed by atoms with Crippen molar-refractivity contribution in [3.05, 3.63) is 324 Å². The van der Waals surface area contributed by atoms with Crippen molar-refractivity contribution in [1.29, 1.82) is 0 Å². The fourth-order valence-electron chi connectivity index (χ4n) is 14.3. The molecule has 0 unspecified atom stereocenters. The van der Waals surface area contributed by atoms with E-state index in [1.807, 2.05) is 18.6 Å². The maximum absolute atomic E-state index is 6.47. The van der Waals surface area contributed by atoms with Gasteiger partial charge in [-0.2, -0.15) is 0 Å². The van der Waals surface area contributed by atoms with Crippen molar-refractivity contribution in [3.63, 3.8) is 0 Å². The first-order chi connectivity index (χ1) is 54.5. The number of allylic oxidation sites excluding steroid dienone is 18. The fraction of sp³-hybridized carbons (Fsp3) is 0.298. The van der Waals surface area contributed by atoms with Gasteiger partial charge in [-0.25, -0.2) is 20.0 Å². The van der Waals surface area contributed by atoms with Crippen molar-refractivity contribution in [2.45, 2.75) is 142 Å². The van der Waals surface area contributed by atoms with Crippen LogP contribution in [-0.4, -0.2) is 102 Å². The van der Waals surface area contributed by atoms with Crippen molar-refractivity contribution >= 4 is 45.1 Å². The number of aryl methyl sites for hydroxylation is 3. The molecule has 3 aromatic heterocycles. The lowest BCUT2D eigenvalue weighted by atomic mass is 9.98. The van der Waals surface area contributed by atoms with Crippen molar-refractivity contribution < 1.29 is 18.9 Å². The van der Waals surface area contributed by atoms with Crippen LogP contribution in [0.2, 0.25) is 0 Å². The molecule has 14 rings (SSSR count). The molecular formula is C94H98N12O4. The minimum atomic E-state index is 0.596. The van der Waals surface area contributed by atoms with Gasteiger partial charge in [0.1, 0.15) is 23.0 Å². The van der Waals surface area contributed by atoms with Crippen LogP contribution in [0, 0.1) is 0 Å². The van der Waals surface area contributed by atoms with Gasteiger partial charge in [0.2, 0.25) is 0 Å². The Morgan fingerprint density at radius 3 is 0.827 bits per heavy atom. The molecule has 0 amide bonds. The number of benzene rings is 4. The Bertz CT molecular complexity index is 4710. The molecule has 0 spiro atoms. The van der Waals surface area contributed by atoms with Crippen molar-refractivity contribution in [2.24, 2.45) is 20.0 Å². The number of fused-ring (bicyclic) bond motifs is 4. The van der Waals surface area contributed by atoms with E-state index in [4.69, 9.17) is 38.9 Å². The van der Waals surface area contributed by atoms with Crippen LogP contribution in [-0.2, 0) is 19.3 Å². The number of hydrogen-bond donors (Lipinski definition) is 0. The molecule has 16 heteroatoms. The van der Waals surface area contributed by atoms with Gasteiger partial charge in [0.05, 0.1) is 89.1 Å². The van der Waals surface area contributed by atoms with Crippen molar-refractivity contribution in [3.8, 4) is 23.0 Å². The summed E-state index contributed by atoms with van der Waals surface area (Å²) in [6.07, 6.45) is 72.8. The number of rotatable bonds is 39. The number of aliphatic imine (C=N–C) groups is 4. The van der Waals surface area contributed by atoms with Crippen LogP contribution < -0.4 is 18.9 Å². The van der Waals surface area contributed by atoms with Crippen LogP contribution in [0.3, 0.4) is 0 Å². The highest BCUT2D eigenvalue weighted by Crippen LogP contribution is 2.40. The lowest BCUT2D eigenvalue weighted by molar-refractivity contribution is 0.300. The second-order valence-electron chi connectivity index (χ2n) is 28.4. The topological polar surface area (TPSA) is 170 Å². The van der Waals surface area contributed by atoms with E-state index in [0.717, 1.165) is 278 Å². The van der Waals surface area contributed by atoms with E-state index in [2.05, 4.69) is 241 Å². The Hall–Kier alpha value is -11.8. The zero-order valence-electron chi connectivity index (χ0n) is 63.3. The third-order valence-corrected chi connectivity index (χ3v) is 20.2. The van der Waals surface area contributed by atoms with Gasteiger partial charge in [-0.1, -0.05) is 113 Å². The monoisotopic (exact) mass is 1460 g/mol. The summed E-state index contributed by atoms with van der Waals surface area (Å²) < 4.78 is 25.7. The molecule has 7 aliphatic heterocycles. The van der Waals surface area contributed by atoms with Gasteiger partial charge in [-0.15, -0.1) is 0 Å². The van der Waals surface area contributed by atoms with E-state index in [1.54, 1.807) is 37.2 Å². The SMILES string of the molecule is CCCN1C=CC(=C2C=CN(CCCCOc3ccc(C4=C5C=CC(=N5)C(c5ccc(OCCCCCCCc6cnccn6)cc5)=C5C=CC(=N5)C(c5ccc(OCCCCCCCc6cnccn6)cc5)=C5C=CC(=N5)C(c5ccc(OCCCCCCCc6cnccn6)cc5)=C5C=CC4=N5)cc3)C=C2)C=C1. The zero-order valence-corrected chi connectivity index (χ0v) is 63.3.